The number of hydrogen-bond acceptors (Lipinski definition) is 3. The van der Waals surface area contributed by atoms with Gasteiger partial charge in [-0.2, -0.15) is 0 Å². The topological polar surface area (TPSA) is 35.5 Å². The largest absolute Gasteiger partial charge is 0.472 e. The normalized spacial score (nSPS) is 17.9. The molecule has 0 saturated heterocycles. The summed E-state index contributed by atoms with van der Waals surface area (Å²) >= 11 is 0. The zero-order valence-electron chi connectivity index (χ0n) is 6.63. The highest BCUT2D eigenvalue weighted by Gasteiger charge is 2.09. The summed E-state index contributed by atoms with van der Waals surface area (Å²) in [5.74, 6) is 0.908. The van der Waals surface area contributed by atoms with Gasteiger partial charge in [0.1, 0.15) is 5.76 Å². The van der Waals surface area contributed by atoms with E-state index in [2.05, 4.69) is 0 Å². The van der Waals surface area contributed by atoms with Crippen LogP contribution in [0.4, 0.5) is 0 Å². The molecule has 0 radical (unpaired) electrons. The van der Waals surface area contributed by atoms with Crippen molar-refractivity contribution in [1.29, 1.82) is 0 Å². The third-order valence-corrected chi connectivity index (χ3v) is 1.53. The van der Waals surface area contributed by atoms with E-state index in [1.165, 1.54) is 0 Å². The fourth-order valence-electron chi connectivity index (χ4n) is 1.01. The van der Waals surface area contributed by atoms with E-state index in [0.29, 0.717) is 6.42 Å². The molecule has 0 bridgehead atoms. The first-order chi connectivity index (χ1) is 5.33. The van der Waals surface area contributed by atoms with Crippen LogP contribution in [0.5, 0.6) is 0 Å². The lowest BCUT2D eigenvalue weighted by Gasteiger charge is -2.12. The molecule has 0 aromatic carbocycles. The van der Waals surface area contributed by atoms with Gasteiger partial charge in [0.2, 0.25) is 0 Å². The Kier molecular flexibility index (Phi) is 3.11. The Labute approximate surface area is 66.0 Å². The van der Waals surface area contributed by atoms with Gasteiger partial charge in [0.05, 0.1) is 0 Å². The average molecular weight is 156 g/mol. The summed E-state index contributed by atoms with van der Waals surface area (Å²) in [5, 5.41) is 0. The summed E-state index contributed by atoms with van der Waals surface area (Å²) in [4.78, 5) is 10.8. The quantitative estimate of drug-likeness (QED) is 0.577. The van der Waals surface area contributed by atoms with Crippen LogP contribution in [0.15, 0.2) is 11.8 Å². The second kappa shape index (κ2) is 4.13. The second-order valence-corrected chi connectivity index (χ2v) is 2.48. The molecule has 0 N–H and O–H groups in total. The van der Waals surface area contributed by atoms with Crippen LogP contribution < -0.4 is 0 Å². The van der Waals surface area contributed by atoms with Gasteiger partial charge in [-0.05, 0) is 6.42 Å². The van der Waals surface area contributed by atoms with Gasteiger partial charge in [-0.25, -0.2) is 0 Å². The molecule has 0 unspecified atom stereocenters. The number of methoxy groups -OCH3 is 1. The molecule has 0 aromatic heterocycles. The molecule has 0 saturated carbocycles. The Balaban J connectivity index is 2.37. The highest BCUT2D eigenvalue weighted by atomic mass is 16.7. The Morgan fingerprint density at radius 2 is 2.36 bits per heavy atom. The Bertz CT molecular complexity index is 172. The number of ketones is 1. The molecule has 3 nitrogen and oxygen atoms in total. The van der Waals surface area contributed by atoms with E-state index in [1.54, 1.807) is 13.2 Å². The molecule has 0 amide bonds. The Hall–Kier alpha value is -0.830. The molecule has 1 aliphatic rings. The summed E-state index contributed by atoms with van der Waals surface area (Å²) in [7, 11) is 1.56. The molecule has 0 atom stereocenters. The first kappa shape index (κ1) is 8.27. The van der Waals surface area contributed by atoms with Crippen LogP contribution in [0.1, 0.15) is 19.3 Å². The van der Waals surface area contributed by atoms with Gasteiger partial charge >= 0.3 is 0 Å². The molecule has 11 heavy (non-hydrogen) atoms. The summed E-state index contributed by atoms with van der Waals surface area (Å²) < 4.78 is 9.83. The second-order valence-electron chi connectivity index (χ2n) is 2.48. The van der Waals surface area contributed by atoms with Crippen LogP contribution >= 0.6 is 0 Å². The SMILES string of the molecule is COCOC1=CC(=O)CCC1. The monoisotopic (exact) mass is 156 g/mol. The van der Waals surface area contributed by atoms with Crippen LogP contribution in [0.2, 0.25) is 0 Å². The van der Waals surface area contributed by atoms with Crippen molar-refractivity contribution in [2.24, 2.45) is 0 Å². The third kappa shape index (κ3) is 2.72. The van der Waals surface area contributed by atoms with E-state index < -0.39 is 0 Å². The average Bonchev–Trinajstić information content (AvgIpc) is 2.01. The fourth-order valence-corrected chi connectivity index (χ4v) is 1.01. The van der Waals surface area contributed by atoms with Crippen LogP contribution in [-0.4, -0.2) is 19.7 Å². The maximum Gasteiger partial charge on any atom is 0.188 e. The van der Waals surface area contributed by atoms with E-state index in [-0.39, 0.29) is 12.6 Å². The molecule has 0 aliphatic heterocycles. The van der Waals surface area contributed by atoms with Gasteiger partial charge in [-0.1, -0.05) is 0 Å². The van der Waals surface area contributed by atoms with Gasteiger partial charge in [0.25, 0.3) is 0 Å². The zero-order valence-corrected chi connectivity index (χ0v) is 6.63. The zero-order chi connectivity index (χ0) is 8.10. The lowest BCUT2D eigenvalue weighted by atomic mass is 10.1. The van der Waals surface area contributed by atoms with Crippen LogP contribution in [-0.2, 0) is 14.3 Å². The van der Waals surface area contributed by atoms with Crippen LogP contribution in [0.25, 0.3) is 0 Å². The van der Waals surface area contributed by atoms with E-state index in [4.69, 9.17) is 9.47 Å². The van der Waals surface area contributed by atoms with Crippen molar-refractivity contribution in [3.05, 3.63) is 11.8 Å². The first-order valence-electron chi connectivity index (χ1n) is 3.68. The molecule has 1 rings (SSSR count). The van der Waals surface area contributed by atoms with Gasteiger partial charge < -0.3 is 9.47 Å². The van der Waals surface area contributed by atoms with Crippen molar-refractivity contribution >= 4 is 5.78 Å². The van der Waals surface area contributed by atoms with E-state index in [9.17, 15) is 4.79 Å². The molecular weight excluding hydrogens is 144 g/mol. The van der Waals surface area contributed by atoms with Crippen molar-refractivity contribution in [2.75, 3.05) is 13.9 Å². The van der Waals surface area contributed by atoms with Crippen molar-refractivity contribution in [3.8, 4) is 0 Å². The molecule has 0 spiro atoms. The van der Waals surface area contributed by atoms with E-state index >= 15 is 0 Å². The maximum absolute atomic E-state index is 10.8. The smallest absolute Gasteiger partial charge is 0.188 e. The highest BCUT2D eigenvalue weighted by molar-refractivity contribution is 5.90. The summed E-state index contributed by atoms with van der Waals surface area (Å²) in [5.41, 5.74) is 0. The number of ether oxygens (including phenoxy) is 2. The molecule has 1 aliphatic carbocycles. The lowest BCUT2D eigenvalue weighted by molar-refractivity contribution is -0.115. The van der Waals surface area contributed by atoms with Crippen molar-refractivity contribution in [3.63, 3.8) is 0 Å². The first-order valence-corrected chi connectivity index (χ1v) is 3.68. The van der Waals surface area contributed by atoms with Gasteiger partial charge in [0, 0.05) is 26.0 Å². The molecule has 0 aromatic rings. The number of hydrogen-bond donors (Lipinski definition) is 0. The standard InChI is InChI=1S/C8H12O3/c1-10-6-11-8-4-2-3-7(9)5-8/h5H,2-4,6H2,1H3. The summed E-state index contributed by atoms with van der Waals surface area (Å²) in [6.07, 6.45) is 3.96. The minimum atomic E-state index is 0.155. The van der Waals surface area contributed by atoms with Crippen LogP contribution in [0, 0.1) is 0 Å². The molecule has 0 fully saturated rings. The predicted molar refractivity (Wildman–Crippen MR) is 39.9 cm³/mol. The minimum absolute atomic E-state index is 0.155. The third-order valence-electron chi connectivity index (χ3n) is 1.53. The Morgan fingerprint density at radius 1 is 1.55 bits per heavy atom. The number of allylic oxidation sites excluding steroid dienone is 2. The summed E-state index contributed by atoms with van der Waals surface area (Å²) in [6.45, 7) is 0.235. The van der Waals surface area contributed by atoms with Crippen LogP contribution in [0.3, 0.4) is 0 Å². The molecular formula is C8H12O3. The minimum Gasteiger partial charge on any atom is -0.472 e. The maximum atomic E-state index is 10.8. The van der Waals surface area contributed by atoms with Crippen molar-refractivity contribution < 1.29 is 14.3 Å². The number of carbonyl (C=O) groups excluding carboxylic acids is 1. The van der Waals surface area contributed by atoms with Gasteiger partial charge in [0.15, 0.2) is 12.6 Å². The van der Waals surface area contributed by atoms with Gasteiger partial charge in [-0.3, -0.25) is 4.79 Å². The summed E-state index contributed by atoms with van der Waals surface area (Å²) in [6, 6.07) is 0. The molecule has 3 heteroatoms. The Morgan fingerprint density at radius 3 is 3.00 bits per heavy atom. The highest BCUT2D eigenvalue weighted by Crippen LogP contribution is 2.15. The van der Waals surface area contributed by atoms with Gasteiger partial charge in [-0.15, -0.1) is 0 Å². The predicted octanol–water partition coefficient (Wildman–Crippen LogP) is 1.24. The van der Waals surface area contributed by atoms with Crippen molar-refractivity contribution in [1.82, 2.24) is 0 Å². The molecule has 62 valence electrons. The van der Waals surface area contributed by atoms with E-state index in [1.807, 2.05) is 0 Å². The number of rotatable bonds is 3. The van der Waals surface area contributed by atoms with Crippen molar-refractivity contribution in [2.45, 2.75) is 19.3 Å². The number of carbonyl (C=O) groups is 1. The molecule has 0 heterocycles. The lowest BCUT2D eigenvalue weighted by Crippen LogP contribution is -2.06. The van der Waals surface area contributed by atoms with E-state index in [0.717, 1.165) is 18.6 Å². The fraction of sp³-hybridized carbons (Fsp3) is 0.625.